The predicted octanol–water partition coefficient (Wildman–Crippen LogP) is 3.74. The monoisotopic (exact) mass is 465 g/mol. The van der Waals surface area contributed by atoms with Crippen molar-refractivity contribution in [3.8, 4) is 11.5 Å². The smallest absolute Gasteiger partial charge is 0.228 e. The maximum absolute atomic E-state index is 13.7. The number of anilines is 1. The van der Waals surface area contributed by atoms with Crippen molar-refractivity contribution in [2.24, 2.45) is 5.92 Å². The van der Waals surface area contributed by atoms with Gasteiger partial charge in [0.25, 0.3) is 0 Å². The molecule has 0 N–H and O–H groups in total. The predicted molar refractivity (Wildman–Crippen MR) is 132 cm³/mol. The Morgan fingerprint density at radius 3 is 2.06 bits per heavy atom. The maximum Gasteiger partial charge on any atom is 0.228 e. The van der Waals surface area contributed by atoms with E-state index >= 15 is 0 Å². The van der Waals surface area contributed by atoms with Gasteiger partial charge >= 0.3 is 0 Å². The summed E-state index contributed by atoms with van der Waals surface area (Å²) in [7, 11) is 3.30. The third-order valence-corrected chi connectivity index (χ3v) is 6.99. The first-order chi connectivity index (χ1) is 16.5. The Balaban J connectivity index is 1.48. The lowest BCUT2D eigenvalue weighted by atomic mass is 9.91. The number of unbranched alkanes of at least 4 members (excludes halogenated alkanes) is 1. The summed E-state index contributed by atoms with van der Waals surface area (Å²) >= 11 is 0. The first kappa shape index (κ1) is 23.9. The molecule has 34 heavy (non-hydrogen) atoms. The Morgan fingerprint density at radius 1 is 0.912 bits per heavy atom. The fourth-order valence-electron chi connectivity index (χ4n) is 5.03. The molecule has 0 radical (unpaired) electrons. The lowest BCUT2D eigenvalue weighted by Crippen LogP contribution is -2.51. The number of likely N-dealkylation sites (tertiary alicyclic amines) is 1. The molecule has 2 amide bonds. The number of piperazine rings is 1. The number of methoxy groups -OCH3 is 2. The Labute approximate surface area is 202 Å². The van der Waals surface area contributed by atoms with Gasteiger partial charge in [-0.3, -0.25) is 9.59 Å². The van der Waals surface area contributed by atoms with Gasteiger partial charge < -0.3 is 24.2 Å². The summed E-state index contributed by atoms with van der Waals surface area (Å²) in [5.74, 6) is 1.41. The molecule has 7 heteroatoms. The van der Waals surface area contributed by atoms with Crippen molar-refractivity contribution < 1.29 is 19.1 Å². The van der Waals surface area contributed by atoms with Crippen LogP contribution in [0.4, 0.5) is 5.69 Å². The molecule has 2 atom stereocenters. The number of hydrogen-bond acceptors (Lipinski definition) is 5. The number of hydrogen-bond donors (Lipinski definition) is 0. The van der Waals surface area contributed by atoms with E-state index in [0.717, 1.165) is 48.7 Å². The highest BCUT2D eigenvalue weighted by atomic mass is 16.5. The van der Waals surface area contributed by atoms with Gasteiger partial charge in [-0.1, -0.05) is 25.5 Å². The number of carbonyl (C=O) groups is 2. The Morgan fingerprint density at radius 2 is 1.50 bits per heavy atom. The average molecular weight is 466 g/mol. The zero-order chi connectivity index (χ0) is 24.1. The summed E-state index contributed by atoms with van der Waals surface area (Å²) in [5, 5.41) is 0. The van der Waals surface area contributed by atoms with Crippen molar-refractivity contribution in [1.82, 2.24) is 9.80 Å². The average Bonchev–Trinajstić information content (AvgIpc) is 3.23. The highest BCUT2D eigenvalue weighted by Gasteiger charge is 2.45. The van der Waals surface area contributed by atoms with Gasteiger partial charge in [0.15, 0.2) is 0 Å². The van der Waals surface area contributed by atoms with Crippen molar-refractivity contribution in [2.45, 2.75) is 32.2 Å². The zero-order valence-corrected chi connectivity index (χ0v) is 20.4. The molecule has 0 aromatic heterocycles. The Bertz CT molecular complexity index is 968. The van der Waals surface area contributed by atoms with E-state index in [2.05, 4.69) is 24.0 Å². The first-order valence-corrected chi connectivity index (χ1v) is 12.2. The molecule has 182 valence electrons. The normalized spacial score (nSPS) is 20.6. The van der Waals surface area contributed by atoms with Crippen LogP contribution in [0.3, 0.4) is 0 Å². The summed E-state index contributed by atoms with van der Waals surface area (Å²) in [6, 6.07) is 15.6. The lowest BCUT2D eigenvalue weighted by molar-refractivity contribution is -0.136. The fourth-order valence-corrected chi connectivity index (χ4v) is 5.03. The number of nitrogens with zero attached hydrogens (tertiary/aromatic N) is 3. The quantitative estimate of drug-likeness (QED) is 0.594. The van der Waals surface area contributed by atoms with E-state index in [1.807, 2.05) is 46.2 Å². The standard InChI is InChI=1S/C27H35N3O4/c1-4-5-14-30-25(31)19-24(26(30)20-6-10-22(33-2)11-7-20)27(32)29-17-15-28(16-18-29)21-8-12-23(34-3)13-9-21/h6-13,24,26H,4-5,14-19H2,1-3H3. The van der Waals surface area contributed by atoms with Crippen LogP contribution in [0.25, 0.3) is 0 Å². The van der Waals surface area contributed by atoms with Crippen LogP contribution in [0.5, 0.6) is 11.5 Å². The summed E-state index contributed by atoms with van der Waals surface area (Å²) in [6.45, 7) is 5.64. The van der Waals surface area contributed by atoms with Gasteiger partial charge in [-0.2, -0.15) is 0 Å². The van der Waals surface area contributed by atoms with E-state index in [1.165, 1.54) is 0 Å². The molecular formula is C27H35N3O4. The Kier molecular flexibility index (Phi) is 7.60. The molecule has 7 nitrogen and oxygen atoms in total. The molecule has 0 saturated carbocycles. The van der Waals surface area contributed by atoms with Crippen LogP contribution in [0.15, 0.2) is 48.5 Å². The van der Waals surface area contributed by atoms with Crippen molar-refractivity contribution >= 4 is 17.5 Å². The second-order valence-electron chi connectivity index (χ2n) is 8.98. The van der Waals surface area contributed by atoms with E-state index in [1.54, 1.807) is 14.2 Å². The van der Waals surface area contributed by atoms with Gasteiger partial charge in [0.05, 0.1) is 26.2 Å². The van der Waals surface area contributed by atoms with Gasteiger partial charge in [-0.05, 0) is 48.4 Å². The topological polar surface area (TPSA) is 62.3 Å². The number of ether oxygens (including phenoxy) is 2. The number of rotatable bonds is 8. The third kappa shape index (κ3) is 4.98. The second-order valence-corrected chi connectivity index (χ2v) is 8.98. The molecule has 2 saturated heterocycles. The first-order valence-electron chi connectivity index (χ1n) is 12.2. The van der Waals surface area contributed by atoms with Gasteiger partial charge in [0.1, 0.15) is 11.5 Å². The maximum atomic E-state index is 13.7. The van der Waals surface area contributed by atoms with E-state index in [4.69, 9.17) is 9.47 Å². The second kappa shape index (κ2) is 10.8. The van der Waals surface area contributed by atoms with Gasteiger partial charge in [0.2, 0.25) is 11.8 Å². The molecule has 0 aliphatic carbocycles. The third-order valence-electron chi connectivity index (χ3n) is 6.99. The molecule has 2 aromatic carbocycles. The van der Waals surface area contributed by atoms with Crippen LogP contribution < -0.4 is 14.4 Å². The van der Waals surface area contributed by atoms with Crippen LogP contribution >= 0.6 is 0 Å². The van der Waals surface area contributed by atoms with Crippen LogP contribution in [0.1, 0.15) is 37.8 Å². The molecule has 2 aromatic rings. The highest BCUT2D eigenvalue weighted by molar-refractivity contribution is 5.90. The van der Waals surface area contributed by atoms with Crippen LogP contribution in [0.2, 0.25) is 0 Å². The van der Waals surface area contributed by atoms with Gasteiger partial charge in [0, 0.05) is 44.8 Å². The number of carbonyl (C=O) groups excluding carboxylic acids is 2. The van der Waals surface area contributed by atoms with Crippen molar-refractivity contribution in [1.29, 1.82) is 0 Å². The molecule has 0 spiro atoms. The van der Waals surface area contributed by atoms with Crippen molar-refractivity contribution in [3.63, 3.8) is 0 Å². The minimum Gasteiger partial charge on any atom is -0.497 e. The summed E-state index contributed by atoms with van der Waals surface area (Å²) in [4.78, 5) is 32.8. The molecule has 2 aliphatic heterocycles. The summed E-state index contributed by atoms with van der Waals surface area (Å²) in [5.41, 5.74) is 2.13. The summed E-state index contributed by atoms with van der Waals surface area (Å²) < 4.78 is 10.6. The minimum absolute atomic E-state index is 0.0736. The van der Waals surface area contributed by atoms with E-state index in [-0.39, 0.29) is 30.2 Å². The zero-order valence-electron chi connectivity index (χ0n) is 20.4. The van der Waals surface area contributed by atoms with E-state index < -0.39 is 0 Å². The van der Waals surface area contributed by atoms with Gasteiger partial charge in [-0.15, -0.1) is 0 Å². The molecule has 2 fully saturated rings. The van der Waals surface area contributed by atoms with Crippen LogP contribution in [-0.4, -0.2) is 68.6 Å². The summed E-state index contributed by atoms with van der Waals surface area (Å²) in [6.07, 6.45) is 2.21. The molecule has 4 rings (SSSR count). The Hall–Kier alpha value is -3.22. The molecule has 2 heterocycles. The highest BCUT2D eigenvalue weighted by Crippen LogP contribution is 2.40. The lowest BCUT2D eigenvalue weighted by Gasteiger charge is -2.38. The largest absolute Gasteiger partial charge is 0.497 e. The van der Waals surface area contributed by atoms with Crippen molar-refractivity contribution in [3.05, 3.63) is 54.1 Å². The van der Waals surface area contributed by atoms with E-state index in [0.29, 0.717) is 19.6 Å². The number of amides is 2. The molecule has 2 unspecified atom stereocenters. The van der Waals surface area contributed by atoms with Crippen LogP contribution in [0, 0.1) is 5.92 Å². The van der Waals surface area contributed by atoms with Crippen LogP contribution in [-0.2, 0) is 9.59 Å². The molecular weight excluding hydrogens is 430 g/mol. The molecule has 0 bridgehead atoms. The minimum atomic E-state index is -0.356. The molecule has 2 aliphatic rings. The van der Waals surface area contributed by atoms with Crippen molar-refractivity contribution in [2.75, 3.05) is 51.8 Å². The fraction of sp³-hybridized carbons (Fsp3) is 0.481. The SMILES string of the molecule is CCCCN1C(=O)CC(C(=O)N2CCN(c3ccc(OC)cc3)CC2)C1c1ccc(OC)cc1. The number of benzene rings is 2. The van der Waals surface area contributed by atoms with Gasteiger partial charge in [-0.25, -0.2) is 0 Å². The van der Waals surface area contributed by atoms with E-state index in [9.17, 15) is 9.59 Å².